The van der Waals surface area contributed by atoms with E-state index in [1.165, 1.54) is 5.01 Å². The Bertz CT molecular complexity index is 1030. The molecule has 0 aliphatic carbocycles. The van der Waals surface area contributed by atoms with Gasteiger partial charge in [0.15, 0.2) is 9.84 Å². The van der Waals surface area contributed by atoms with E-state index in [1.807, 2.05) is 25.1 Å². The Morgan fingerprint density at radius 3 is 2.53 bits per heavy atom. The fourth-order valence-electron chi connectivity index (χ4n) is 2.92. The number of sulfone groups is 1. The monoisotopic (exact) mass is 428 g/mol. The maximum absolute atomic E-state index is 12.4. The van der Waals surface area contributed by atoms with E-state index < -0.39 is 15.7 Å². The highest BCUT2D eigenvalue weighted by atomic mass is 32.2. The van der Waals surface area contributed by atoms with Crippen LogP contribution in [0, 0.1) is 6.92 Å². The highest BCUT2D eigenvalue weighted by Crippen LogP contribution is 2.15. The van der Waals surface area contributed by atoms with Crippen molar-refractivity contribution in [3.8, 4) is 0 Å². The van der Waals surface area contributed by atoms with Crippen molar-refractivity contribution in [2.45, 2.75) is 19.1 Å². The summed E-state index contributed by atoms with van der Waals surface area (Å²) in [6, 6.07) is 16.3. The van der Waals surface area contributed by atoms with Crippen LogP contribution in [-0.2, 0) is 25.2 Å². The molecule has 0 bridgehead atoms. The van der Waals surface area contributed by atoms with Crippen molar-refractivity contribution in [3.63, 3.8) is 0 Å². The summed E-state index contributed by atoms with van der Waals surface area (Å²) in [6.07, 6.45) is 0.287. The predicted molar refractivity (Wildman–Crippen MR) is 116 cm³/mol. The van der Waals surface area contributed by atoms with Gasteiger partial charge in [0.1, 0.15) is 6.54 Å². The number of carbonyl (C=O) groups excluding carboxylic acids is 2. The molecule has 8 nitrogen and oxygen atoms in total. The summed E-state index contributed by atoms with van der Waals surface area (Å²) in [7, 11) is -3.26. The first-order valence-electron chi connectivity index (χ1n) is 9.57. The molecule has 30 heavy (non-hydrogen) atoms. The molecular weight excluding hydrogens is 404 g/mol. The van der Waals surface area contributed by atoms with Crippen molar-refractivity contribution in [1.82, 2.24) is 10.7 Å². The molecule has 2 aromatic rings. The molecule has 9 heteroatoms. The van der Waals surface area contributed by atoms with Crippen LogP contribution in [-0.4, -0.2) is 44.9 Å². The van der Waals surface area contributed by atoms with Crippen LogP contribution in [0.5, 0.6) is 0 Å². The fourth-order valence-corrected chi connectivity index (χ4v) is 4.35. The predicted octanol–water partition coefficient (Wildman–Crippen LogP) is 1.37. The van der Waals surface area contributed by atoms with Crippen molar-refractivity contribution in [3.05, 3.63) is 65.7 Å². The van der Waals surface area contributed by atoms with Gasteiger partial charge in [0.25, 0.3) is 11.8 Å². The fraction of sp³-hybridized carbons (Fsp3) is 0.286. The average molecular weight is 429 g/mol. The number of aryl methyl sites for hydroxylation is 1. The summed E-state index contributed by atoms with van der Waals surface area (Å²) in [5.74, 6) is -0.801. The van der Waals surface area contributed by atoms with Crippen LogP contribution in [0.4, 0.5) is 5.69 Å². The molecular formula is C21H24N4O4S. The molecule has 0 aromatic heterocycles. The first-order valence-corrected chi connectivity index (χ1v) is 11.4. The molecule has 0 saturated heterocycles. The van der Waals surface area contributed by atoms with Crippen molar-refractivity contribution in [2.24, 2.45) is 4.99 Å². The van der Waals surface area contributed by atoms with Crippen molar-refractivity contribution in [2.75, 3.05) is 23.9 Å². The van der Waals surface area contributed by atoms with Gasteiger partial charge >= 0.3 is 0 Å². The third kappa shape index (κ3) is 5.90. The number of amides is 2. The van der Waals surface area contributed by atoms with Gasteiger partial charge in [0.05, 0.1) is 17.2 Å². The van der Waals surface area contributed by atoms with Gasteiger partial charge in [0, 0.05) is 6.54 Å². The second-order valence-electron chi connectivity index (χ2n) is 7.03. The lowest BCUT2D eigenvalue weighted by atomic mass is 10.2. The van der Waals surface area contributed by atoms with Gasteiger partial charge in [-0.3, -0.25) is 20.0 Å². The third-order valence-corrected chi connectivity index (χ3v) is 6.18. The topological polar surface area (TPSA) is 108 Å². The molecule has 2 N–H and O–H groups in total. The minimum absolute atomic E-state index is 0.0160. The van der Waals surface area contributed by atoms with E-state index in [4.69, 9.17) is 0 Å². The summed E-state index contributed by atoms with van der Waals surface area (Å²) in [6.45, 7) is 1.98. The lowest BCUT2D eigenvalue weighted by molar-refractivity contribution is -0.118. The zero-order valence-electron chi connectivity index (χ0n) is 16.7. The molecule has 3 rings (SSSR count). The normalized spacial score (nSPS) is 14.1. The number of nitrogens with zero attached hydrogens (tertiary/aromatic N) is 2. The minimum atomic E-state index is -3.26. The number of hydrogen-bond donors (Lipinski definition) is 2. The zero-order chi connectivity index (χ0) is 21.6. The quantitative estimate of drug-likeness (QED) is 0.618. The van der Waals surface area contributed by atoms with Gasteiger partial charge in [-0.1, -0.05) is 48.0 Å². The van der Waals surface area contributed by atoms with Gasteiger partial charge in [-0.25, -0.2) is 13.4 Å². The Kier molecular flexibility index (Phi) is 6.83. The van der Waals surface area contributed by atoms with E-state index in [2.05, 4.69) is 15.7 Å². The highest BCUT2D eigenvalue weighted by Gasteiger charge is 2.25. The van der Waals surface area contributed by atoms with Gasteiger partial charge in [-0.2, -0.15) is 0 Å². The number of hydrogen-bond acceptors (Lipinski definition) is 6. The first-order chi connectivity index (χ1) is 14.3. The van der Waals surface area contributed by atoms with E-state index in [1.54, 1.807) is 36.4 Å². The number of anilines is 1. The molecule has 1 aliphatic rings. The zero-order valence-corrected chi connectivity index (χ0v) is 17.5. The maximum Gasteiger partial charge on any atom is 0.288 e. The number of benzene rings is 2. The maximum atomic E-state index is 12.4. The summed E-state index contributed by atoms with van der Waals surface area (Å²) in [5, 5.41) is 3.93. The molecule has 0 saturated carbocycles. The van der Waals surface area contributed by atoms with E-state index in [9.17, 15) is 18.0 Å². The second-order valence-corrected chi connectivity index (χ2v) is 9.21. The minimum Gasteiger partial charge on any atom is -0.349 e. The molecule has 1 heterocycles. The van der Waals surface area contributed by atoms with Gasteiger partial charge in [0.2, 0.25) is 5.84 Å². The highest BCUT2D eigenvalue weighted by molar-refractivity contribution is 7.90. The van der Waals surface area contributed by atoms with Crippen LogP contribution in [0.15, 0.2) is 59.6 Å². The van der Waals surface area contributed by atoms with Crippen LogP contribution in [0.1, 0.15) is 17.5 Å². The van der Waals surface area contributed by atoms with Gasteiger partial charge < -0.3 is 5.32 Å². The SMILES string of the molecule is Cc1ccc(N2NC(C(=O)NCCCS(=O)(=O)Cc3ccccc3)=NCC2=O)cc1. The van der Waals surface area contributed by atoms with Crippen LogP contribution in [0.2, 0.25) is 0 Å². The summed E-state index contributed by atoms with van der Waals surface area (Å²) in [5.41, 5.74) is 5.13. The molecule has 2 aromatic carbocycles. The molecule has 0 fully saturated rings. The number of rotatable bonds is 8. The van der Waals surface area contributed by atoms with Crippen LogP contribution >= 0.6 is 0 Å². The van der Waals surface area contributed by atoms with E-state index in [0.717, 1.165) is 11.1 Å². The van der Waals surface area contributed by atoms with Crippen LogP contribution in [0.3, 0.4) is 0 Å². The Morgan fingerprint density at radius 1 is 1.13 bits per heavy atom. The van der Waals surface area contributed by atoms with Crippen molar-refractivity contribution in [1.29, 1.82) is 0 Å². The number of hydrazine groups is 1. The Balaban J connectivity index is 1.48. The number of amidine groups is 1. The van der Waals surface area contributed by atoms with E-state index in [0.29, 0.717) is 5.69 Å². The van der Waals surface area contributed by atoms with Crippen molar-refractivity contribution >= 4 is 33.2 Å². The molecule has 158 valence electrons. The molecule has 0 spiro atoms. The molecule has 1 aliphatic heterocycles. The Morgan fingerprint density at radius 2 is 1.83 bits per heavy atom. The Hall–Kier alpha value is -3.20. The second kappa shape index (κ2) is 9.53. The van der Waals surface area contributed by atoms with E-state index >= 15 is 0 Å². The smallest absolute Gasteiger partial charge is 0.288 e. The summed E-state index contributed by atoms with van der Waals surface area (Å²) in [4.78, 5) is 28.5. The lowest BCUT2D eigenvalue weighted by Gasteiger charge is -2.27. The lowest BCUT2D eigenvalue weighted by Crippen LogP contribution is -2.55. The molecule has 2 amide bonds. The standard InChI is InChI=1S/C21H24N4O4S/c1-16-8-10-18(11-9-16)25-19(26)14-23-20(24-25)21(27)22-12-5-13-30(28,29)15-17-6-3-2-4-7-17/h2-4,6-11H,5,12-15H2,1H3,(H,22,27)(H,23,24). The number of nitrogens with one attached hydrogen (secondary N) is 2. The average Bonchev–Trinajstić information content (AvgIpc) is 2.72. The van der Waals surface area contributed by atoms with Gasteiger partial charge in [-0.05, 0) is 31.0 Å². The van der Waals surface area contributed by atoms with Crippen LogP contribution in [0.25, 0.3) is 0 Å². The first kappa shape index (κ1) is 21.5. The molecule has 0 radical (unpaired) electrons. The van der Waals surface area contributed by atoms with E-state index in [-0.39, 0.29) is 42.8 Å². The molecule has 0 atom stereocenters. The number of carbonyl (C=O) groups is 2. The Labute approximate surface area is 175 Å². The molecule has 0 unspecified atom stereocenters. The number of aliphatic imine (C=N–C) groups is 1. The largest absolute Gasteiger partial charge is 0.349 e. The summed E-state index contributed by atoms with van der Waals surface area (Å²) >= 11 is 0. The van der Waals surface area contributed by atoms with Gasteiger partial charge in [-0.15, -0.1) is 0 Å². The van der Waals surface area contributed by atoms with Crippen molar-refractivity contribution < 1.29 is 18.0 Å². The third-order valence-electron chi connectivity index (χ3n) is 4.49. The van der Waals surface area contributed by atoms with Crippen LogP contribution < -0.4 is 15.8 Å². The summed E-state index contributed by atoms with van der Waals surface area (Å²) < 4.78 is 24.4.